The molecule has 2 N–H and O–H groups in total. The number of nitrogens with one attached hydrogen (secondary N) is 1. The van der Waals surface area contributed by atoms with Crippen LogP contribution in [0.15, 0.2) is 42.7 Å². The third-order valence-electron chi connectivity index (χ3n) is 5.68. The Hall–Kier alpha value is -2.69. The molecule has 0 saturated heterocycles. The molecule has 1 aromatic heterocycles. The largest absolute Gasteiger partial charge is 0.486 e. The fourth-order valence-electron chi connectivity index (χ4n) is 3.91. The van der Waals surface area contributed by atoms with Crippen LogP contribution >= 0.6 is 0 Å². The summed E-state index contributed by atoms with van der Waals surface area (Å²) < 4.78 is 32.8. The predicted octanol–water partition coefficient (Wildman–Crippen LogP) is 1.81. The summed E-state index contributed by atoms with van der Waals surface area (Å²) in [6.07, 6.45) is 4.22. The Balaban J connectivity index is 1.98. The highest BCUT2D eigenvalue weighted by atomic mass is 32.2. The van der Waals surface area contributed by atoms with Crippen LogP contribution in [0.5, 0.6) is 5.75 Å². The molecule has 1 aromatic carbocycles. The van der Waals surface area contributed by atoms with E-state index in [-0.39, 0.29) is 41.5 Å². The zero-order valence-electron chi connectivity index (χ0n) is 19.4. The number of carbonyl (C=O) groups is 1. The summed E-state index contributed by atoms with van der Waals surface area (Å²) >= 11 is 0. The number of sulfonamides is 1. The van der Waals surface area contributed by atoms with E-state index in [1.54, 1.807) is 42.4 Å². The molecule has 180 valence electrons. The quantitative estimate of drug-likeness (QED) is 0.598. The fourth-order valence-corrected chi connectivity index (χ4v) is 4.47. The van der Waals surface area contributed by atoms with Gasteiger partial charge < -0.3 is 14.7 Å². The summed E-state index contributed by atoms with van der Waals surface area (Å²) in [4.78, 5) is 21.2. The van der Waals surface area contributed by atoms with Gasteiger partial charge in [-0.3, -0.25) is 19.4 Å². The minimum atomic E-state index is -3.59. The van der Waals surface area contributed by atoms with Crippen LogP contribution in [0.4, 0.5) is 5.69 Å². The number of ether oxygens (including phenoxy) is 1. The van der Waals surface area contributed by atoms with Crippen LogP contribution in [0, 0.1) is 5.92 Å². The van der Waals surface area contributed by atoms with Gasteiger partial charge >= 0.3 is 0 Å². The lowest BCUT2D eigenvalue weighted by molar-refractivity contribution is 0.0344. The fraction of sp³-hybridized carbons (Fsp3) is 0.478. The molecule has 0 saturated carbocycles. The van der Waals surface area contributed by atoms with Crippen LogP contribution in [0.3, 0.4) is 0 Å². The Labute approximate surface area is 195 Å². The van der Waals surface area contributed by atoms with Crippen molar-refractivity contribution in [2.24, 2.45) is 5.92 Å². The van der Waals surface area contributed by atoms with E-state index in [1.165, 1.54) is 0 Å². The number of aliphatic hydroxyl groups excluding tert-OH is 1. The van der Waals surface area contributed by atoms with Crippen molar-refractivity contribution in [2.75, 3.05) is 37.7 Å². The SMILES string of the molecule is C[C@@H]1CN([C@@H](C)CO)C(=O)c2cccc(NS(C)(=O)=O)c2O[C@@H]1CN(C)Cc1ccncc1. The van der Waals surface area contributed by atoms with E-state index in [1.807, 2.05) is 26.1 Å². The van der Waals surface area contributed by atoms with E-state index in [9.17, 15) is 18.3 Å². The van der Waals surface area contributed by atoms with Crippen LogP contribution in [-0.2, 0) is 16.6 Å². The topological polar surface area (TPSA) is 112 Å². The highest BCUT2D eigenvalue weighted by molar-refractivity contribution is 7.92. The summed E-state index contributed by atoms with van der Waals surface area (Å²) in [7, 11) is -1.61. The third kappa shape index (κ3) is 6.43. The third-order valence-corrected chi connectivity index (χ3v) is 6.27. The number of pyridine rings is 1. The van der Waals surface area contributed by atoms with Gasteiger partial charge in [0.1, 0.15) is 6.10 Å². The van der Waals surface area contributed by atoms with E-state index in [2.05, 4.69) is 14.6 Å². The number of hydrogen-bond acceptors (Lipinski definition) is 7. The van der Waals surface area contributed by atoms with Crippen molar-refractivity contribution < 1.29 is 23.1 Å². The first-order chi connectivity index (χ1) is 15.6. The number of para-hydroxylation sites is 1. The number of carbonyl (C=O) groups excluding carboxylic acids is 1. The predicted molar refractivity (Wildman–Crippen MR) is 127 cm³/mol. The minimum Gasteiger partial charge on any atom is -0.486 e. The molecule has 1 aliphatic rings. The van der Waals surface area contributed by atoms with Crippen LogP contribution in [0.2, 0.25) is 0 Å². The lowest BCUT2D eigenvalue weighted by atomic mass is 9.99. The normalized spacial score (nSPS) is 19.9. The number of hydrogen-bond donors (Lipinski definition) is 2. The average Bonchev–Trinajstić information content (AvgIpc) is 2.75. The monoisotopic (exact) mass is 476 g/mol. The molecule has 3 rings (SSSR count). The summed E-state index contributed by atoms with van der Waals surface area (Å²) in [6.45, 7) is 5.23. The Bertz CT molecular complexity index is 1060. The van der Waals surface area contributed by atoms with Crippen molar-refractivity contribution >= 4 is 21.6 Å². The van der Waals surface area contributed by atoms with E-state index in [0.29, 0.717) is 19.6 Å². The summed E-state index contributed by atoms with van der Waals surface area (Å²) in [5, 5.41) is 9.75. The van der Waals surface area contributed by atoms with Gasteiger partial charge in [0, 0.05) is 37.9 Å². The summed E-state index contributed by atoms with van der Waals surface area (Å²) in [5.41, 5.74) is 1.59. The van der Waals surface area contributed by atoms with E-state index in [4.69, 9.17) is 4.74 Å². The first kappa shape index (κ1) is 24.9. The van der Waals surface area contributed by atoms with Crippen LogP contribution in [0.1, 0.15) is 29.8 Å². The molecule has 1 aliphatic heterocycles. The van der Waals surface area contributed by atoms with E-state index < -0.39 is 16.1 Å². The maximum absolute atomic E-state index is 13.4. The molecule has 0 spiro atoms. The number of benzene rings is 1. The zero-order chi connectivity index (χ0) is 24.2. The van der Waals surface area contributed by atoms with Gasteiger partial charge in [0.2, 0.25) is 10.0 Å². The second-order valence-corrected chi connectivity index (χ2v) is 10.5. The number of anilines is 1. The molecule has 3 atom stereocenters. The lowest BCUT2D eigenvalue weighted by Gasteiger charge is -2.38. The molecule has 0 fully saturated rings. The molecule has 10 heteroatoms. The number of amides is 1. The first-order valence-corrected chi connectivity index (χ1v) is 12.7. The maximum Gasteiger partial charge on any atom is 0.258 e. The standard InChI is InChI=1S/C23H32N4O5S/c1-16-12-27(17(2)15-28)23(29)19-6-5-7-20(25-33(4,30)31)22(19)32-21(16)14-26(3)13-18-8-10-24-11-9-18/h5-11,16-17,21,25,28H,12-15H2,1-4H3/t16-,17+,21-/m1/s1. The Morgan fingerprint density at radius 3 is 2.64 bits per heavy atom. The van der Waals surface area contributed by atoms with Crippen LogP contribution in [-0.4, -0.2) is 79.4 Å². The van der Waals surface area contributed by atoms with Crippen molar-refractivity contribution in [3.05, 3.63) is 53.9 Å². The van der Waals surface area contributed by atoms with Gasteiger partial charge in [-0.15, -0.1) is 0 Å². The van der Waals surface area contributed by atoms with Crippen molar-refractivity contribution in [2.45, 2.75) is 32.5 Å². The number of nitrogens with zero attached hydrogens (tertiary/aromatic N) is 3. The van der Waals surface area contributed by atoms with Gasteiger partial charge in [-0.1, -0.05) is 13.0 Å². The Morgan fingerprint density at radius 1 is 1.30 bits per heavy atom. The van der Waals surface area contributed by atoms with Gasteiger partial charge in [-0.25, -0.2) is 8.42 Å². The summed E-state index contributed by atoms with van der Waals surface area (Å²) in [6, 6.07) is 8.32. The second-order valence-electron chi connectivity index (χ2n) is 8.73. The molecule has 0 aliphatic carbocycles. The molecule has 2 heterocycles. The molecular weight excluding hydrogens is 444 g/mol. The second kappa shape index (κ2) is 10.5. The van der Waals surface area contributed by atoms with Gasteiger partial charge in [0.25, 0.3) is 5.91 Å². The number of aromatic nitrogens is 1. The minimum absolute atomic E-state index is 0.0812. The maximum atomic E-state index is 13.4. The van der Waals surface area contributed by atoms with Gasteiger partial charge in [-0.2, -0.15) is 0 Å². The van der Waals surface area contributed by atoms with Crippen molar-refractivity contribution in [1.29, 1.82) is 0 Å². The van der Waals surface area contributed by atoms with Crippen LogP contribution < -0.4 is 9.46 Å². The molecule has 0 radical (unpaired) electrons. The zero-order valence-corrected chi connectivity index (χ0v) is 20.2. The number of likely N-dealkylation sites (N-methyl/N-ethyl adjacent to an activating group) is 1. The van der Waals surface area contributed by atoms with Crippen molar-refractivity contribution in [3.8, 4) is 5.75 Å². The summed E-state index contributed by atoms with van der Waals surface area (Å²) in [5.74, 6) is -0.182. The number of rotatable bonds is 8. The number of aliphatic hydroxyl groups is 1. The molecular formula is C23H32N4O5S. The number of fused-ring (bicyclic) bond motifs is 1. The van der Waals surface area contributed by atoms with Gasteiger partial charge in [-0.05, 0) is 43.8 Å². The van der Waals surface area contributed by atoms with Gasteiger partial charge in [0.05, 0.1) is 30.2 Å². The van der Waals surface area contributed by atoms with Crippen molar-refractivity contribution in [3.63, 3.8) is 0 Å². The average molecular weight is 477 g/mol. The van der Waals surface area contributed by atoms with Crippen LogP contribution in [0.25, 0.3) is 0 Å². The Morgan fingerprint density at radius 2 is 2.00 bits per heavy atom. The highest BCUT2D eigenvalue weighted by Crippen LogP contribution is 2.35. The molecule has 0 bridgehead atoms. The highest BCUT2D eigenvalue weighted by Gasteiger charge is 2.34. The van der Waals surface area contributed by atoms with E-state index >= 15 is 0 Å². The molecule has 2 aromatic rings. The first-order valence-electron chi connectivity index (χ1n) is 10.9. The van der Waals surface area contributed by atoms with E-state index in [0.717, 1.165) is 11.8 Å². The molecule has 9 nitrogen and oxygen atoms in total. The lowest BCUT2D eigenvalue weighted by Crippen LogP contribution is -2.49. The molecule has 1 amide bonds. The Kier molecular flexibility index (Phi) is 7.93. The van der Waals surface area contributed by atoms with Crippen molar-refractivity contribution in [1.82, 2.24) is 14.8 Å². The molecule has 33 heavy (non-hydrogen) atoms. The van der Waals surface area contributed by atoms with Gasteiger partial charge in [0.15, 0.2) is 5.75 Å². The molecule has 0 unspecified atom stereocenters. The smallest absolute Gasteiger partial charge is 0.258 e.